The largest absolute Gasteiger partial charge is 0.306 e. The zero-order valence-corrected chi connectivity index (χ0v) is 8.58. The predicted octanol–water partition coefficient (Wildman–Crippen LogP) is 0.548. The van der Waals surface area contributed by atoms with Crippen molar-refractivity contribution in [2.24, 2.45) is 0 Å². The third-order valence-corrected chi connectivity index (χ3v) is 2.76. The molecule has 0 aliphatic carbocycles. The Labute approximate surface area is 73.3 Å². The third kappa shape index (κ3) is 6.68. The lowest BCUT2D eigenvalue weighted by atomic mass is 10.5. The van der Waals surface area contributed by atoms with Gasteiger partial charge in [-0.1, -0.05) is 13.8 Å². The molecule has 5 heteroatoms. The SMILES string of the molecule is CCN(CC)CCS(=O)(O)=S. The van der Waals surface area contributed by atoms with Crippen LogP contribution in [0, 0.1) is 0 Å². The van der Waals surface area contributed by atoms with E-state index in [1.54, 1.807) is 0 Å². The Balaban J connectivity index is 3.69. The van der Waals surface area contributed by atoms with Crippen molar-refractivity contribution in [3.8, 4) is 0 Å². The summed E-state index contributed by atoms with van der Waals surface area (Å²) >= 11 is 4.36. The Bertz CT molecular complexity index is 185. The molecule has 0 rings (SSSR count). The molecule has 0 spiro atoms. The van der Waals surface area contributed by atoms with Gasteiger partial charge in [-0.3, -0.25) is 0 Å². The second-order valence-corrected chi connectivity index (χ2v) is 5.45. The van der Waals surface area contributed by atoms with E-state index in [1.165, 1.54) is 0 Å². The van der Waals surface area contributed by atoms with Gasteiger partial charge >= 0.3 is 0 Å². The van der Waals surface area contributed by atoms with Crippen LogP contribution in [0.3, 0.4) is 0 Å². The molecule has 0 aliphatic rings. The fraction of sp³-hybridized carbons (Fsp3) is 1.00. The van der Waals surface area contributed by atoms with E-state index in [2.05, 4.69) is 16.1 Å². The van der Waals surface area contributed by atoms with Crippen LogP contribution >= 0.6 is 0 Å². The fourth-order valence-corrected chi connectivity index (χ4v) is 1.50. The van der Waals surface area contributed by atoms with E-state index < -0.39 is 8.77 Å². The standard InChI is InChI=1S/C6H15NO2S2/c1-3-7(4-2)5-6-11(8,9)10/h3-6H2,1-2H3,(H,8,9,10). The van der Waals surface area contributed by atoms with Gasteiger partial charge in [-0.25, -0.2) is 4.21 Å². The van der Waals surface area contributed by atoms with Gasteiger partial charge in [0.2, 0.25) is 0 Å². The van der Waals surface area contributed by atoms with Crippen LogP contribution in [0.1, 0.15) is 13.8 Å². The van der Waals surface area contributed by atoms with Gasteiger partial charge in [0.25, 0.3) is 0 Å². The monoisotopic (exact) mass is 197 g/mol. The first-order chi connectivity index (χ1) is 4.99. The summed E-state index contributed by atoms with van der Waals surface area (Å²) in [5.74, 6) is 0.198. The van der Waals surface area contributed by atoms with Crippen LogP contribution in [0.25, 0.3) is 0 Å². The molecule has 0 aromatic heterocycles. The molecule has 1 unspecified atom stereocenters. The fourth-order valence-electron chi connectivity index (χ4n) is 0.784. The van der Waals surface area contributed by atoms with Gasteiger partial charge in [-0.2, -0.15) is 0 Å². The van der Waals surface area contributed by atoms with Crippen LogP contribution in [-0.4, -0.2) is 39.0 Å². The molecule has 0 fully saturated rings. The highest BCUT2D eigenvalue weighted by Gasteiger charge is 2.03. The van der Waals surface area contributed by atoms with Crippen LogP contribution in [0.4, 0.5) is 0 Å². The highest BCUT2D eigenvalue weighted by Crippen LogP contribution is 1.90. The van der Waals surface area contributed by atoms with Crippen molar-refractivity contribution in [2.45, 2.75) is 13.8 Å². The second-order valence-electron chi connectivity index (χ2n) is 2.31. The third-order valence-electron chi connectivity index (χ3n) is 1.56. The van der Waals surface area contributed by atoms with Crippen molar-refractivity contribution in [1.82, 2.24) is 4.90 Å². The Morgan fingerprint density at radius 3 is 2.18 bits per heavy atom. The maximum atomic E-state index is 10.7. The lowest BCUT2D eigenvalue weighted by Gasteiger charge is -2.16. The molecule has 68 valence electrons. The summed E-state index contributed by atoms with van der Waals surface area (Å²) < 4.78 is 19.4. The first kappa shape index (κ1) is 11.3. The summed E-state index contributed by atoms with van der Waals surface area (Å²) in [6, 6.07) is 0. The molecule has 0 saturated carbocycles. The summed E-state index contributed by atoms with van der Waals surface area (Å²) in [5, 5.41) is 0. The highest BCUT2D eigenvalue weighted by molar-refractivity contribution is 8.29. The minimum atomic E-state index is -2.95. The van der Waals surface area contributed by atoms with Crippen LogP contribution in [0.5, 0.6) is 0 Å². The van der Waals surface area contributed by atoms with E-state index in [1.807, 2.05) is 13.8 Å². The quantitative estimate of drug-likeness (QED) is 0.698. The molecule has 3 nitrogen and oxygen atoms in total. The predicted molar refractivity (Wildman–Crippen MR) is 50.8 cm³/mol. The molecule has 0 aliphatic heterocycles. The molecule has 0 bridgehead atoms. The molecule has 0 amide bonds. The number of hydrogen-bond donors (Lipinski definition) is 1. The molecular weight excluding hydrogens is 182 g/mol. The highest BCUT2D eigenvalue weighted by atomic mass is 32.8. The summed E-state index contributed by atoms with van der Waals surface area (Å²) in [6.07, 6.45) is 0. The maximum absolute atomic E-state index is 10.7. The van der Waals surface area contributed by atoms with Gasteiger partial charge in [0, 0.05) is 17.7 Å². The summed E-state index contributed by atoms with van der Waals surface area (Å²) in [4.78, 5) is 2.07. The van der Waals surface area contributed by atoms with Crippen molar-refractivity contribution in [3.05, 3.63) is 0 Å². The van der Waals surface area contributed by atoms with Crippen molar-refractivity contribution in [1.29, 1.82) is 0 Å². The lowest BCUT2D eigenvalue weighted by Crippen LogP contribution is -2.28. The topological polar surface area (TPSA) is 40.5 Å². The van der Waals surface area contributed by atoms with Gasteiger partial charge in [-0.15, -0.1) is 0 Å². The Morgan fingerprint density at radius 2 is 1.91 bits per heavy atom. The van der Waals surface area contributed by atoms with E-state index in [4.69, 9.17) is 4.55 Å². The molecule has 11 heavy (non-hydrogen) atoms. The van der Waals surface area contributed by atoms with E-state index in [9.17, 15) is 4.21 Å². The second kappa shape index (κ2) is 5.03. The first-order valence-corrected chi connectivity index (χ1v) is 6.28. The summed E-state index contributed by atoms with van der Waals surface area (Å²) in [7, 11) is -2.95. The normalized spacial score (nSPS) is 16.7. The molecule has 0 saturated heterocycles. The molecular formula is C6H15NO2S2. The lowest BCUT2D eigenvalue weighted by molar-refractivity contribution is 0.321. The van der Waals surface area contributed by atoms with E-state index >= 15 is 0 Å². The van der Waals surface area contributed by atoms with E-state index in [0.29, 0.717) is 6.54 Å². The zero-order chi connectivity index (χ0) is 8.91. The van der Waals surface area contributed by atoms with Crippen LogP contribution < -0.4 is 0 Å². The van der Waals surface area contributed by atoms with Crippen LogP contribution in [0.2, 0.25) is 0 Å². The average molecular weight is 197 g/mol. The molecule has 0 radical (unpaired) electrons. The number of nitrogens with zero attached hydrogens (tertiary/aromatic N) is 1. The summed E-state index contributed by atoms with van der Waals surface area (Å²) in [5.41, 5.74) is 0. The van der Waals surface area contributed by atoms with Crippen molar-refractivity contribution < 1.29 is 8.76 Å². The molecule has 1 N–H and O–H groups in total. The maximum Gasteiger partial charge on any atom is 0.142 e. The zero-order valence-electron chi connectivity index (χ0n) is 6.95. The van der Waals surface area contributed by atoms with Crippen molar-refractivity contribution >= 4 is 20.0 Å². The van der Waals surface area contributed by atoms with Crippen molar-refractivity contribution in [2.75, 3.05) is 25.4 Å². The molecule has 1 atom stereocenters. The van der Waals surface area contributed by atoms with Gasteiger partial charge < -0.3 is 9.45 Å². The summed E-state index contributed by atoms with van der Waals surface area (Å²) in [6.45, 7) is 6.46. The van der Waals surface area contributed by atoms with Crippen molar-refractivity contribution in [3.63, 3.8) is 0 Å². The van der Waals surface area contributed by atoms with E-state index in [-0.39, 0.29) is 5.75 Å². The van der Waals surface area contributed by atoms with Crippen LogP contribution in [0.15, 0.2) is 0 Å². The minimum absolute atomic E-state index is 0.198. The smallest absolute Gasteiger partial charge is 0.142 e. The minimum Gasteiger partial charge on any atom is -0.306 e. The average Bonchev–Trinajstić information content (AvgIpc) is 1.88. The van der Waals surface area contributed by atoms with Gasteiger partial charge in [0.05, 0.1) is 5.75 Å². The molecule has 0 aromatic carbocycles. The Morgan fingerprint density at radius 1 is 1.45 bits per heavy atom. The molecule has 0 aromatic rings. The Kier molecular flexibility index (Phi) is 5.16. The van der Waals surface area contributed by atoms with Gasteiger partial charge in [0.1, 0.15) is 8.77 Å². The van der Waals surface area contributed by atoms with Crippen LogP contribution in [-0.2, 0) is 20.0 Å². The Hall–Kier alpha value is 0.290. The van der Waals surface area contributed by atoms with Gasteiger partial charge in [0.15, 0.2) is 0 Å². The molecule has 0 heterocycles. The van der Waals surface area contributed by atoms with E-state index in [0.717, 1.165) is 13.1 Å². The first-order valence-electron chi connectivity index (χ1n) is 3.67. The number of rotatable bonds is 5. The van der Waals surface area contributed by atoms with Gasteiger partial charge in [-0.05, 0) is 13.1 Å². The number of hydrogen-bond acceptors (Lipinski definition) is 3.